The molecule has 0 atom stereocenters. The van der Waals surface area contributed by atoms with Crippen LogP contribution in [0.4, 0.5) is 0 Å². The van der Waals surface area contributed by atoms with E-state index in [-0.39, 0.29) is 5.17 Å². The fourth-order valence-electron chi connectivity index (χ4n) is 2.62. The molecule has 0 radical (unpaired) electrons. The first-order valence-electron chi connectivity index (χ1n) is 6.72. The summed E-state index contributed by atoms with van der Waals surface area (Å²) in [6.07, 6.45) is 0. The molecule has 0 heterocycles. The van der Waals surface area contributed by atoms with Crippen molar-refractivity contribution in [1.29, 1.82) is 0 Å². The molecule has 2 N–H and O–H groups in total. The maximum absolute atomic E-state index is 5.54. The number of hydrogen-bond acceptors (Lipinski definition) is 2. The molecule has 104 valence electrons. The van der Waals surface area contributed by atoms with E-state index >= 15 is 0 Å². The Balaban J connectivity index is 2.30. The van der Waals surface area contributed by atoms with Crippen LogP contribution in [0, 0.1) is 6.92 Å². The van der Waals surface area contributed by atoms with Gasteiger partial charge in [-0.25, -0.2) is 0 Å². The fraction of sp³-hybridized carbons (Fsp3) is 0.0556. The van der Waals surface area contributed by atoms with E-state index in [2.05, 4.69) is 43.3 Å². The maximum Gasteiger partial charge on any atom is 0.259 e. The van der Waals surface area contributed by atoms with Crippen molar-refractivity contribution in [3.8, 4) is 16.9 Å². The second-order valence-corrected chi connectivity index (χ2v) is 5.30. The molecule has 2 nitrogen and oxygen atoms in total. The van der Waals surface area contributed by atoms with Crippen LogP contribution in [0.5, 0.6) is 5.75 Å². The molecule has 0 amide bonds. The highest BCUT2D eigenvalue weighted by Crippen LogP contribution is 2.37. The van der Waals surface area contributed by atoms with E-state index in [1.54, 1.807) is 0 Å². The van der Waals surface area contributed by atoms with E-state index in [0.717, 1.165) is 16.7 Å². The summed E-state index contributed by atoms with van der Waals surface area (Å²) in [7, 11) is 0. The van der Waals surface area contributed by atoms with Gasteiger partial charge < -0.3 is 10.5 Å². The molecule has 3 aromatic carbocycles. The summed E-state index contributed by atoms with van der Waals surface area (Å²) in [6.45, 7) is 2.06. The Hall–Kier alpha value is -2.39. The zero-order valence-electron chi connectivity index (χ0n) is 11.7. The van der Waals surface area contributed by atoms with E-state index in [0.29, 0.717) is 5.75 Å². The summed E-state index contributed by atoms with van der Waals surface area (Å²) >= 11 is 4.88. The first kappa shape index (κ1) is 13.6. The Morgan fingerprint density at radius 1 is 0.952 bits per heavy atom. The van der Waals surface area contributed by atoms with Crippen molar-refractivity contribution in [3.63, 3.8) is 0 Å². The lowest BCUT2D eigenvalue weighted by Crippen LogP contribution is -2.16. The van der Waals surface area contributed by atoms with Crippen molar-refractivity contribution in [2.75, 3.05) is 0 Å². The second-order valence-electron chi connectivity index (χ2n) is 4.90. The van der Waals surface area contributed by atoms with Crippen molar-refractivity contribution in [1.82, 2.24) is 0 Å². The van der Waals surface area contributed by atoms with Crippen LogP contribution in [0.2, 0.25) is 0 Å². The van der Waals surface area contributed by atoms with E-state index in [9.17, 15) is 0 Å². The lowest BCUT2D eigenvalue weighted by atomic mass is 9.94. The largest absolute Gasteiger partial charge is 0.431 e. The van der Waals surface area contributed by atoms with Crippen molar-refractivity contribution in [2.24, 2.45) is 5.73 Å². The van der Waals surface area contributed by atoms with Crippen LogP contribution >= 0.6 is 12.2 Å². The van der Waals surface area contributed by atoms with Crippen LogP contribution in [0.1, 0.15) is 5.56 Å². The Morgan fingerprint density at radius 2 is 1.67 bits per heavy atom. The Labute approximate surface area is 129 Å². The van der Waals surface area contributed by atoms with E-state index in [1.807, 2.05) is 24.3 Å². The summed E-state index contributed by atoms with van der Waals surface area (Å²) in [6, 6.07) is 20.4. The molecule has 21 heavy (non-hydrogen) atoms. The third-order valence-electron chi connectivity index (χ3n) is 3.50. The molecule has 3 heteroatoms. The summed E-state index contributed by atoms with van der Waals surface area (Å²) in [5, 5.41) is 2.41. The first-order chi connectivity index (χ1) is 10.2. The molecule has 0 aliphatic carbocycles. The summed E-state index contributed by atoms with van der Waals surface area (Å²) in [4.78, 5) is 0. The third-order valence-corrected chi connectivity index (χ3v) is 3.59. The molecule has 0 saturated heterocycles. The highest BCUT2D eigenvalue weighted by molar-refractivity contribution is 7.80. The van der Waals surface area contributed by atoms with Gasteiger partial charge in [0.2, 0.25) is 0 Å². The lowest BCUT2D eigenvalue weighted by Gasteiger charge is -2.14. The number of ether oxygens (including phenoxy) is 1. The average molecular weight is 293 g/mol. The van der Waals surface area contributed by atoms with Crippen LogP contribution in [0.3, 0.4) is 0 Å². The van der Waals surface area contributed by atoms with Gasteiger partial charge in [-0.3, -0.25) is 0 Å². The van der Waals surface area contributed by atoms with Crippen molar-refractivity contribution in [2.45, 2.75) is 6.92 Å². The molecule has 3 rings (SSSR count). The standard InChI is InChI=1S/C18H15NOS/c1-12-6-4-11-16(20-18(19)21)17(12)15-10-5-8-13-7-2-3-9-14(13)15/h2-11H,1H3,(H2,19,21). The quantitative estimate of drug-likeness (QED) is 0.710. The Morgan fingerprint density at radius 3 is 2.48 bits per heavy atom. The highest BCUT2D eigenvalue weighted by atomic mass is 32.1. The molecule has 0 aromatic heterocycles. The van der Waals surface area contributed by atoms with Crippen LogP contribution in [-0.2, 0) is 0 Å². The van der Waals surface area contributed by atoms with E-state index < -0.39 is 0 Å². The van der Waals surface area contributed by atoms with Crippen molar-refractivity contribution in [3.05, 3.63) is 66.2 Å². The van der Waals surface area contributed by atoms with Crippen LogP contribution < -0.4 is 10.5 Å². The SMILES string of the molecule is Cc1cccc(OC(N)=S)c1-c1cccc2ccccc12. The number of benzene rings is 3. The minimum atomic E-state index is 0.0297. The van der Waals surface area contributed by atoms with Gasteiger partial charge in [-0.05, 0) is 47.1 Å². The van der Waals surface area contributed by atoms with Crippen molar-refractivity contribution >= 4 is 28.2 Å². The van der Waals surface area contributed by atoms with Gasteiger partial charge >= 0.3 is 0 Å². The van der Waals surface area contributed by atoms with Crippen LogP contribution in [-0.4, -0.2) is 5.17 Å². The fourth-order valence-corrected chi connectivity index (χ4v) is 2.71. The van der Waals surface area contributed by atoms with Gasteiger partial charge in [0.25, 0.3) is 5.17 Å². The predicted octanol–water partition coefficient (Wildman–Crippen LogP) is 4.44. The Bertz CT molecular complexity index is 821. The molecular weight excluding hydrogens is 278 g/mol. The van der Waals surface area contributed by atoms with Gasteiger partial charge in [0, 0.05) is 5.56 Å². The summed E-state index contributed by atoms with van der Waals surface area (Å²) in [5.74, 6) is 0.693. The number of nitrogens with two attached hydrogens (primary N) is 1. The minimum absolute atomic E-state index is 0.0297. The van der Waals surface area contributed by atoms with Gasteiger partial charge in [-0.15, -0.1) is 0 Å². The average Bonchev–Trinajstić information content (AvgIpc) is 2.47. The second kappa shape index (κ2) is 5.54. The number of aryl methyl sites for hydroxylation is 1. The first-order valence-corrected chi connectivity index (χ1v) is 7.12. The van der Waals surface area contributed by atoms with Crippen LogP contribution in [0.15, 0.2) is 60.7 Å². The van der Waals surface area contributed by atoms with Crippen LogP contribution in [0.25, 0.3) is 21.9 Å². The number of hydrogen-bond donors (Lipinski definition) is 1. The normalized spacial score (nSPS) is 10.5. The number of fused-ring (bicyclic) bond motifs is 1. The molecule has 0 aliphatic heterocycles. The zero-order chi connectivity index (χ0) is 14.8. The molecule has 0 spiro atoms. The lowest BCUT2D eigenvalue weighted by molar-refractivity contribution is 0.559. The molecule has 0 aliphatic rings. The van der Waals surface area contributed by atoms with Gasteiger partial charge in [0.1, 0.15) is 5.75 Å². The number of rotatable bonds is 2. The van der Waals surface area contributed by atoms with E-state index in [4.69, 9.17) is 22.7 Å². The molecule has 0 saturated carbocycles. The van der Waals surface area contributed by atoms with Gasteiger partial charge in [-0.1, -0.05) is 54.6 Å². The number of thiocarbonyl (C=S) groups is 1. The smallest absolute Gasteiger partial charge is 0.259 e. The molecule has 3 aromatic rings. The minimum Gasteiger partial charge on any atom is -0.431 e. The van der Waals surface area contributed by atoms with Gasteiger partial charge in [-0.2, -0.15) is 0 Å². The van der Waals surface area contributed by atoms with Crippen molar-refractivity contribution < 1.29 is 4.74 Å². The summed E-state index contributed by atoms with van der Waals surface area (Å²) in [5.41, 5.74) is 8.82. The molecule has 0 bridgehead atoms. The maximum atomic E-state index is 5.54. The van der Waals surface area contributed by atoms with E-state index in [1.165, 1.54) is 10.8 Å². The molecule has 0 fully saturated rings. The molecule has 0 unspecified atom stereocenters. The zero-order valence-corrected chi connectivity index (χ0v) is 12.5. The highest BCUT2D eigenvalue weighted by Gasteiger charge is 2.13. The third kappa shape index (κ3) is 2.60. The van der Waals surface area contributed by atoms with Gasteiger partial charge in [0.05, 0.1) is 0 Å². The Kier molecular flexibility index (Phi) is 3.59. The predicted molar refractivity (Wildman–Crippen MR) is 91.5 cm³/mol. The monoisotopic (exact) mass is 293 g/mol. The summed E-state index contributed by atoms with van der Waals surface area (Å²) < 4.78 is 5.54. The molecular formula is C18H15NOS. The van der Waals surface area contributed by atoms with Gasteiger partial charge in [0.15, 0.2) is 0 Å². The topological polar surface area (TPSA) is 35.2 Å².